The summed E-state index contributed by atoms with van der Waals surface area (Å²) >= 11 is 5.59. The number of aromatic nitrogens is 1. The third kappa shape index (κ3) is 3.71. The highest BCUT2D eigenvalue weighted by atomic mass is 35.5. The van der Waals surface area contributed by atoms with Gasteiger partial charge in [-0.1, -0.05) is 25.4 Å². The average molecular weight is 257 g/mol. The lowest BCUT2D eigenvalue weighted by molar-refractivity contribution is -0.140. The first kappa shape index (κ1) is 13.4. The number of nitrogens with zero attached hydrogens (tertiary/aromatic N) is 1. The van der Waals surface area contributed by atoms with Gasteiger partial charge in [0.2, 0.25) is 0 Å². The Morgan fingerprint density at radius 1 is 1.41 bits per heavy atom. The van der Waals surface area contributed by atoms with Crippen molar-refractivity contribution in [2.75, 3.05) is 0 Å². The zero-order chi connectivity index (χ0) is 13.0. The molecule has 0 saturated heterocycles. The zero-order valence-corrected chi connectivity index (χ0v) is 10.2. The van der Waals surface area contributed by atoms with Crippen molar-refractivity contribution in [3.05, 3.63) is 29.0 Å². The van der Waals surface area contributed by atoms with Gasteiger partial charge in [-0.3, -0.25) is 4.79 Å². The van der Waals surface area contributed by atoms with Gasteiger partial charge in [0.05, 0.1) is 5.56 Å². The first-order chi connectivity index (χ1) is 7.91. The largest absolute Gasteiger partial charge is 0.480 e. The molecule has 0 aliphatic rings. The molecule has 2 N–H and O–H groups in total. The fourth-order valence-corrected chi connectivity index (χ4v) is 1.36. The summed E-state index contributed by atoms with van der Waals surface area (Å²) in [7, 11) is 0. The molecule has 1 heterocycles. The van der Waals surface area contributed by atoms with Crippen LogP contribution in [0, 0.1) is 5.92 Å². The molecular formula is C11H13ClN2O3. The standard InChI is InChI=1S/C11H13ClN2O3/c1-6(2)9(11(16)17)14-10(15)7-3-4-8(12)13-5-7/h3-6,9H,1-2H3,(H,14,15)(H,16,17)/t9-/m1/s1. The minimum atomic E-state index is -1.06. The molecule has 1 atom stereocenters. The van der Waals surface area contributed by atoms with E-state index in [1.807, 2.05) is 0 Å². The number of rotatable bonds is 4. The summed E-state index contributed by atoms with van der Waals surface area (Å²) in [5.74, 6) is -1.73. The van der Waals surface area contributed by atoms with Gasteiger partial charge in [0.25, 0.3) is 5.91 Å². The Hall–Kier alpha value is -1.62. The third-order valence-corrected chi connectivity index (χ3v) is 2.43. The summed E-state index contributed by atoms with van der Waals surface area (Å²) in [5.41, 5.74) is 0.279. The maximum atomic E-state index is 11.7. The second-order valence-electron chi connectivity index (χ2n) is 3.90. The van der Waals surface area contributed by atoms with Crippen LogP contribution in [0.4, 0.5) is 0 Å². The number of carboxylic acids is 1. The molecule has 17 heavy (non-hydrogen) atoms. The van der Waals surface area contributed by atoms with Crippen molar-refractivity contribution < 1.29 is 14.7 Å². The Morgan fingerprint density at radius 2 is 2.06 bits per heavy atom. The molecule has 0 aliphatic carbocycles. The van der Waals surface area contributed by atoms with Crippen LogP contribution >= 0.6 is 11.6 Å². The number of amides is 1. The lowest BCUT2D eigenvalue weighted by atomic mass is 10.0. The number of carboxylic acid groups (broad SMARTS) is 1. The SMILES string of the molecule is CC(C)[C@@H](NC(=O)c1ccc(Cl)nc1)C(=O)O. The molecule has 1 aromatic heterocycles. The van der Waals surface area contributed by atoms with Gasteiger partial charge in [-0.25, -0.2) is 9.78 Å². The van der Waals surface area contributed by atoms with Crippen molar-refractivity contribution in [2.24, 2.45) is 5.92 Å². The van der Waals surface area contributed by atoms with Crippen molar-refractivity contribution >= 4 is 23.5 Å². The van der Waals surface area contributed by atoms with E-state index >= 15 is 0 Å². The molecule has 0 unspecified atom stereocenters. The summed E-state index contributed by atoms with van der Waals surface area (Å²) in [4.78, 5) is 26.4. The number of hydrogen-bond donors (Lipinski definition) is 2. The van der Waals surface area contributed by atoms with Crippen LogP contribution in [0.5, 0.6) is 0 Å². The maximum absolute atomic E-state index is 11.7. The molecule has 0 saturated carbocycles. The molecule has 0 radical (unpaired) electrons. The predicted molar refractivity (Wildman–Crippen MR) is 63.0 cm³/mol. The lowest BCUT2D eigenvalue weighted by Crippen LogP contribution is -2.44. The molecule has 5 nitrogen and oxygen atoms in total. The first-order valence-corrected chi connectivity index (χ1v) is 5.45. The van der Waals surface area contributed by atoms with Crippen LogP contribution in [0.3, 0.4) is 0 Å². The van der Waals surface area contributed by atoms with Crippen molar-refractivity contribution in [1.82, 2.24) is 10.3 Å². The van der Waals surface area contributed by atoms with Crippen LogP contribution in [0.1, 0.15) is 24.2 Å². The van der Waals surface area contributed by atoms with Crippen LogP contribution in [0.25, 0.3) is 0 Å². The van der Waals surface area contributed by atoms with E-state index in [9.17, 15) is 9.59 Å². The highest BCUT2D eigenvalue weighted by molar-refractivity contribution is 6.29. The molecule has 0 aliphatic heterocycles. The van der Waals surface area contributed by atoms with Crippen molar-refractivity contribution in [1.29, 1.82) is 0 Å². The Bertz CT molecular complexity index is 417. The zero-order valence-electron chi connectivity index (χ0n) is 9.48. The number of carbonyl (C=O) groups is 2. The van der Waals surface area contributed by atoms with E-state index in [2.05, 4.69) is 10.3 Å². The van der Waals surface area contributed by atoms with Gasteiger partial charge in [-0.2, -0.15) is 0 Å². The Balaban J connectivity index is 2.77. The Kier molecular flexibility index (Phi) is 4.45. The topological polar surface area (TPSA) is 79.3 Å². The molecule has 1 amide bonds. The second kappa shape index (κ2) is 5.63. The van der Waals surface area contributed by atoms with E-state index < -0.39 is 17.9 Å². The van der Waals surface area contributed by atoms with E-state index in [1.165, 1.54) is 18.3 Å². The monoisotopic (exact) mass is 256 g/mol. The second-order valence-corrected chi connectivity index (χ2v) is 4.29. The fraction of sp³-hybridized carbons (Fsp3) is 0.364. The minimum absolute atomic E-state index is 0.197. The summed E-state index contributed by atoms with van der Waals surface area (Å²) < 4.78 is 0. The Labute approximate surface area is 104 Å². The number of carbonyl (C=O) groups excluding carboxylic acids is 1. The maximum Gasteiger partial charge on any atom is 0.326 e. The number of aliphatic carboxylic acids is 1. The average Bonchev–Trinajstić information content (AvgIpc) is 2.25. The Morgan fingerprint density at radius 3 is 2.47 bits per heavy atom. The summed E-state index contributed by atoms with van der Waals surface area (Å²) in [6.45, 7) is 3.44. The molecule has 0 spiro atoms. The van der Waals surface area contributed by atoms with Gasteiger partial charge in [-0.05, 0) is 18.1 Å². The van der Waals surface area contributed by atoms with Crippen LogP contribution in [0.15, 0.2) is 18.3 Å². The quantitative estimate of drug-likeness (QED) is 0.802. The van der Waals surface area contributed by atoms with Gasteiger partial charge >= 0.3 is 5.97 Å². The van der Waals surface area contributed by atoms with Crippen molar-refractivity contribution in [2.45, 2.75) is 19.9 Å². The van der Waals surface area contributed by atoms with Crippen molar-refractivity contribution in [3.63, 3.8) is 0 Å². The fourth-order valence-electron chi connectivity index (χ4n) is 1.25. The summed E-state index contributed by atoms with van der Waals surface area (Å²) in [6, 6.07) is 2.05. The predicted octanol–water partition coefficient (Wildman–Crippen LogP) is 1.57. The highest BCUT2D eigenvalue weighted by Crippen LogP contribution is 2.07. The van der Waals surface area contributed by atoms with Crippen LogP contribution in [0.2, 0.25) is 5.15 Å². The van der Waals surface area contributed by atoms with Gasteiger partial charge in [0, 0.05) is 6.20 Å². The first-order valence-electron chi connectivity index (χ1n) is 5.07. The molecule has 6 heteroatoms. The van der Waals surface area contributed by atoms with E-state index in [0.29, 0.717) is 0 Å². The van der Waals surface area contributed by atoms with Gasteiger partial charge in [0.15, 0.2) is 0 Å². The van der Waals surface area contributed by atoms with E-state index in [-0.39, 0.29) is 16.6 Å². The highest BCUT2D eigenvalue weighted by Gasteiger charge is 2.23. The van der Waals surface area contributed by atoms with E-state index in [4.69, 9.17) is 16.7 Å². The van der Waals surface area contributed by atoms with Crippen LogP contribution in [-0.2, 0) is 4.79 Å². The molecule has 0 bridgehead atoms. The lowest BCUT2D eigenvalue weighted by Gasteiger charge is -2.17. The molecule has 0 fully saturated rings. The molecule has 1 aromatic rings. The van der Waals surface area contributed by atoms with Gasteiger partial charge in [-0.15, -0.1) is 0 Å². The molecule has 0 aromatic carbocycles. The molecular weight excluding hydrogens is 244 g/mol. The number of hydrogen-bond acceptors (Lipinski definition) is 3. The smallest absolute Gasteiger partial charge is 0.326 e. The van der Waals surface area contributed by atoms with Gasteiger partial charge in [0.1, 0.15) is 11.2 Å². The van der Waals surface area contributed by atoms with E-state index in [1.54, 1.807) is 13.8 Å². The number of halogens is 1. The van der Waals surface area contributed by atoms with E-state index in [0.717, 1.165) is 0 Å². The number of pyridine rings is 1. The van der Waals surface area contributed by atoms with Crippen LogP contribution < -0.4 is 5.32 Å². The normalized spacial score (nSPS) is 12.2. The third-order valence-electron chi connectivity index (χ3n) is 2.21. The van der Waals surface area contributed by atoms with Gasteiger partial charge < -0.3 is 10.4 Å². The molecule has 1 rings (SSSR count). The summed E-state index contributed by atoms with van der Waals surface area (Å²) in [6.07, 6.45) is 1.30. The molecule has 92 valence electrons. The van der Waals surface area contributed by atoms with Crippen molar-refractivity contribution in [3.8, 4) is 0 Å². The summed E-state index contributed by atoms with van der Waals surface area (Å²) in [5, 5.41) is 11.6. The van der Waals surface area contributed by atoms with Crippen LogP contribution in [-0.4, -0.2) is 28.0 Å². The number of nitrogens with one attached hydrogen (secondary N) is 1. The minimum Gasteiger partial charge on any atom is -0.480 e.